The Bertz CT molecular complexity index is 1450. The molecule has 2 heterocycles. The van der Waals surface area contributed by atoms with E-state index in [0.29, 0.717) is 29.0 Å². The van der Waals surface area contributed by atoms with E-state index in [1.807, 2.05) is 66.7 Å². The normalized spacial score (nSPS) is 14.1. The summed E-state index contributed by atoms with van der Waals surface area (Å²) in [6, 6.07) is 24.5. The molecule has 168 valence electrons. The summed E-state index contributed by atoms with van der Waals surface area (Å²) in [5.41, 5.74) is 3.63. The summed E-state index contributed by atoms with van der Waals surface area (Å²) in [4.78, 5) is 0. The van der Waals surface area contributed by atoms with Crippen molar-refractivity contribution in [3.05, 3.63) is 90.5 Å². The van der Waals surface area contributed by atoms with Crippen LogP contribution in [0, 0.1) is 0 Å². The van der Waals surface area contributed by atoms with E-state index in [2.05, 4.69) is 15.4 Å². The summed E-state index contributed by atoms with van der Waals surface area (Å²) in [5, 5.41) is 22.9. The molecule has 0 saturated heterocycles. The van der Waals surface area contributed by atoms with Gasteiger partial charge in [0.05, 0.1) is 18.2 Å². The highest BCUT2D eigenvalue weighted by Gasteiger charge is 2.56. The summed E-state index contributed by atoms with van der Waals surface area (Å²) >= 11 is 0. The van der Waals surface area contributed by atoms with Gasteiger partial charge in [0, 0.05) is 5.56 Å². The Kier molecular flexibility index (Phi) is 4.69. The van der Waals surface area contributed by atoms with Crippen LogP contribution in [0.2, 0.25) is 0 Å². The maximum Gasteiger partial charge on any atom is 0.251 e. The lowest BCUT2D eigenvalue weighted by atomic mass is 9.92. The molecule has 0 bridgehead atoms. The lowest BCUT2D eigenvalue weighted by Gasteiger charge is -2.11. The molecule has 5 aromatic rings. The van der Waals surface area contributed by atoms with E-state index in [0.717, 1.165) is 35.1 Å². The first-order valence-electron chi connectivity index (χ1n) is 11.0. The van der Waals surface area contributed by atoms with E-state index in [4.69, 9.17) is 13.7 Å². The Labute approximate surface area is 195 Å². The van der Waals surface area contributed by atoms with Gasteiger partial charge in [-0.1, -0.05) is 47.6 Å². The number of nitrogens with zero attached hydrogens (tertiary/aromatic N) is 3. The van der Waals surface area contributed by atoms with Crippen LogP contribution in [-0.2, 0) is 5.41 Å². The Morgan fingerprint density at radius 1 is 0.853 bits per heavy atom. The number of ether oxygens (including phenoxy) is 1. The first-order valence-corrected chi connectivity index (χ1v) is 11.0. The smallest absolute Gasteiger partial charge is 0.251 e. The second kappa shape index (κ2) is 7.88. The highest BCUT2D eigenvalue weighted by molar-refractivity contribution is 5.83. The first-order chi connectivity index (χ1) is 16.7. The number of aromatic nitrogens is 3. The van der Waals surface area contributed by atoms with Crippen LogP contribution in [0.15, 0.2) is 87.8 Å². The van der Waals surface area contributed by atoms with Crippen LogP contribution >= 0.6 is 0 Å². The lowest BCUT2D eigenvalue weighted by Crippen LogP contribution is -2.09. The van der Waals surface area contributed by atoms with Crippen molar-refractivity contribution in [1.29, 1.82) is 0 Å². The predicted molar refractivity (Wildman–Crippen MR) is 125 cm³/mol. The number of para-hydroxylation sites is 1. The van der Waals surface area contributed by atoms with E-state index in [1.54, 1.807) is 19.2 Å². The molecule has 3 aromatic carbocycles. The van der Waals surface area contributed by atoms with Gasteiger partial charge in [-0.3, -0.25) is 0 Å². The third-order valence-electron chi connectivity index (χ3n) is 6.25. The first kappa shape index (κ1) is 20.2. The molecule has 1 N–H and O–H groups in total. The topological polar surface area (TPSA) is 94.4 Å². The van der Waals surface area contributed by atoms with Crippen molar-refractivity contribution in [3.63, 3.8) is 0 Å². The van der Waals surface area contributed by atoms with Crippen molar-refractivity contribution in [2.45, 2.75) is 18.3 Å². The van der Waals surface area contributed by atoms with E-state index in [9.17, 15) is 5.11 Å². The fraction of sp³-hybridized carbons (Fsp3) is 0.148. The van der Waals surface area contributed by atoms with Crippen LogP contribution in [0.25, 0.3) is 33.8 Å². The Balaban J connectivity index is 1.48. The molecule has 7 nitrogen and oxygen atoms in total. The molecular weight excluding hydrogens is 430 g/mol. The molecule has 1 aliphatic rings. The van der Waals surface area contributed by atoms with Gasteiger partial charge in [0.15, 0.2) is 5.76 Å². The van der Waals surface area contributed by atoms with Crippen molar-refractivity contribution in [2.75, 3.05) is 7.11 Å². The number of phenolic OH excluding ortho intramolecular Hbond substituents is 1. The molecule has 0 amide bonds. The van der Waals surface area contributed by atoms with Gasteiger partial charge in [-0.05, 0) is 54.8 Å². The Hall–Kier alpha value is -4.39. The largest absolute Gasteiger partial charge is 0.508 e. The number of benzene rings is 3. The van der Waals surface area contributed by atoms with Crippen molar-refractivity contribution in [2.24, 2.45) is 0 Å². The monoisotopic (exact) mass is 451 g/mol. The molecular formula is C27H21N3O4. The van der Waals surface area contributed by atoms with Crippen LogP contribution in [-0.4, -0.2) is 27.6 Å². The van der Waals surface area contributed by atoms with Crippen LogP contribution in [0.5, 0.6) is 11.5 Å². The van der Waals surface area contributed by atoms with Gasteiger partial charge in [0.25, 0.3) is 5.89 Å². The van der Waals surface area contributed by atoms with E-state index in [1.165, 1.54) is 0 Å². The molecule has 1 saturated carbocycles. The van der Waals surface area contributed by atoms with Gasteiger partial charge in [-0.15, -0.1) is 10.2 Å². The van der Waals surface area contributed by atoms with Gasteiger partial charge in [-0.25, -0.2) is 0 Å². The zero-order valence-electron chi connectivity index (χ0n) is 18.4. The summed E-state index contributed by atoms with van der Waals surface area (Å²) in [6.07, 6.45) is 1.62. The molecule has 1 aliphatic carbocycles. The summed E-state index contributed by atoms with van der Waals surface area (Å²) < 4.78 is 17.7. The van der Waals surface area contributed by atoms with Crippen LogP contribution in [0.1, 0.15) is 24.5 Å². The fourth-order valence-corrected chi connectivity index (χ4v) is 4.32. The molecule has 34 heavy (non-hydrogen) atoms. The van der Waals surface area contributed by atoms with Gasteiger partial charge < -0.3 is 18.8 Å². The van der Waals surface area contributed by atoms with Crippen molar-refractivity contribution in [1.82, 2.24) is 15.4 Å². The fourth-order valence-electron chi connectivity index (χ4n) is 4.32. The molecule has 2 aromatic heterocycles. The maximum absolute atomic E-state index is 9.74. The highest BCUT2D eigenvalue weighted by atomic mass is 16.5. The SMILES string of the molecule is COc1ccccc1-c1nnc(C2(c3onc(-c4ccc(O)cc4)c3-c3ccccc3)CC2)o1. The lowest BCUT2D eigenvalue weighted by molar-refractivity contribution is 0.345. The summed E-state index contributed by atoms with van der Waals surface area (Å²) in [5.74, 6) is 2.47. The maximum atomic E-state index is 9.74. The molecule has 0 spiro atoms. The number of hydrogen-bond acceptors (Lipinski definition) is 7. The molecule has 0 radical (unpaired) electrons. The van der Waals surface area contributed by atoms with E-state index >= 15 is 0 Å². The van der Waals surface area contributed by atoms with Crippen molar-refractivity contribution < 1.29 is 18.8 Å². The van der Waals surface area contributed by atoms with Crippen LogP contribution < -0.4 is 4.74 Å². The zero-order valence-corrected chi connectivity index (χ0v) is 18.4. The van der Waals surface area contributed by atoms with Gasteiger partial charge in [-0.2, -0.15) is 0 Å². The van der Waals surface area contributed by atoms with Gasteiger partial charge in [0.2, 0.25) is 5.89 Å². The van der Waals surface area contributed by atoms with Crippen LogP contribution in [0.3, 0.4) is 0 Å². The van der Waals surface area contributed by atoms with Gasteiger partial charge in [0.1, 0.15) is 22.6 Å². The minimum absolute atomic E-state index is 0.196. The standard InChI is InChI=1S/C27H21N3O4/c1-32-21-10-6-5-9-20(21)25-28-29-26(33-25)27(15-16-27)24-22(17-7-3-2-4-8-17)23(30-34-24)18-11-13-19(31)14-12-18/h2-14,31H,15-16H2,1H3. The number of aromatic hydroxyl groups is 1. The van der Waals surface area contributed by atoms with Crippen LogP contribution in [0.4, 0.5) is 0 Å². The van der Waals surface area contributed by atoms with Crippen molar-refractivity contribution >= 4 is 0 Å². The average molecular weight is 451 g/mol. The second-order valence-corrected chi connectivity index (χ2v) is 8.34. The van der Waals surface area contributed by atoms with E-state index in [-0.39, 0.29) is 5.75 Å². The number of rotatable bonds is 6. The third-order valence-corrected chi connectivity index (χ3v) is 6.25. The highest BCUT2D eigenvalue weighted by Crippen LogP contribution is 2.57. The van der Waals surface area contributed by atoms with Crippen molar-refractivity contribution in [3.8, 4) is 45.3 Å². The summed E-state index contributed by atoms with van der Waals surface area (Å²) in [6.45, 7) is 0. The average Bonchev–Trinajstić information content (AvgIpc) is 3.32. The molecule has 0 unspecified atom stereocenters. The summed E-state index contributed by atoms with van der Waals surface area (Å²) in [7, 11) is 1.62. The predicted octanol–water partition coefficient (Wildman–Crippen LogP) is 5.85. The quantitative estimate of drug-likeness (QED) is 0.346. The minimum Gasteiger partial charge on any atom is -0.508 e. The molecule has 6 rings (SSSR count). The van der Waals surface area contributed by atoms with Gasteiger partial charge >= 0.3 is 0 Å². The minimum atomic E-state index is -0.541. The molecule has 0 atom stereocenters. The zero-order chi connectivity index (χ0) is 23.1. The molecule has 0 aliphatic heterocycles. The molecule has 7 heteroatoms. The number of hydrogen-bond donors (Lipinski definition) is 1. The number of phenols is 1. The number of methoxy groups -OCH3 is 1. The third kappa shape index (κ3) is 3.25. The van der Waals surface area contributed by atoms with E-state index < -0.39 is 5.41 Å². The molecule has 1 fully saturated rings. The second-order valence-electron chi connectivity index (χ2n) is 8.34. The Morgan fingerprint density at radius 2 is 1.59 bits per heavy atom. The Morgan fingerprint density at radius 3 is 2.32 bits per heavy atom.